The van der Waals surface area contributed by atoms with E-state index in [9.17, 15) is 4.79 Å². The van der Waals surface area contributed by atoms with E-state index in [0.717, 1.165) is 51.5 Å². The van der Waals surface area contributed by atoms with Crippen LogP contribution in [0.1, 0.15) is 27.2 Å². The highest BCUT2D eigenvalue weighted by Crippen LogP contribution is 2.45. The quantitative estimate of drug-likeness (QED) is 0.521. The van der Waals surface area contributed by atoms with Gasteiger partial charge in [0.25, 0.3) is 5.91 Å². The molecular formula is C20H16N4O. The lowest BCUT2D eigenvalue weighted by Crippen LogP contribution is -2.12. The predicted octanol–water partition coefficient (Wildman–Crippen LogP) is 3.06. The van der Waals surface area contributed by atoms with Crippen LogP contribution in [-0.2, 0) is 26.4 Å². The molecule has 5 heteroatoms. The number of aryl methyl sites for hydroxylation is 3. The van der Waals surface area contributed by atoms with Crippen molar-refractivity contribution in [3.05, 3.63) is 52.8 Å². The van der Waals surface area contributed by atoms with Crippen LogP contribution in [0.3, 0.4) is 0 Å². The van der Waals surface area contributed by atoms with E-state index >= 15 is 0 Å². The Kier molecular flexibility index (Phi) is 2.28. The highest BCUT2D eigenvalue weighted by molar-refractivity contribution is 6.22. The lowest BCUT2D eigenvalue weighted by molar-refractivity contribution is 0.0967. The second-order valence-corrected chi connectivity index (χ2v) is 6.97. The van der Waals surface area contributed by atoms with E-state index in [1.54, 1.807) is 0 Å². The summed E-state index contributed by atoms with van der Waals surface area (Å²) in [4.78, 5) is 16.3. The third kappa shape index (κ3) is 1.53. The van der Waals surface area contributed by atoms with Crippen molar-refractivity contribution >= 4 is 27.7 Å². The first-order valence-corrected chi connectivity index (χ1v) is 8.61. The Bertz CT molecular complexity index is 1230. The van der Waals surface area contributed by atoms with Crippen LogP contribution in [0.5, 0.6) is 0 Å². The summed E-state index contributed by atoms with van der Waals surface area (Å²) in [7, 11) is 1.96. The molecule has 2 aliphatic rings. The van der Waals surface area contributed by atoms with Gasteiger partial charge in [-0.2, -0.15) is 5.10 Å². The fourth-order valence-electron chi connectivity index (χ4n) is 4.64. The van der Waals surface area contributed by atoms with Gasteiger partial charge in [-0.15, -0.1) is 0 Å². The minimum Gasteiger partial charge on any atom is -0.354 e. The molecule has 0 saturated carbocycles. The number of hydrogen-bond acceptors (Lipinski definition) is 2. The summed E-state index contributed by atoms with van der Waals surface area (Å²) in [5.41, 5.74) is 9.01. The van der Waals surface area contributed by atoms with E-state index in [1.807, 2.05) is 23.9 Å². The van der Waals surface area contributed by atoms with Gasteiger partial charge in [0.1, 0.15) is 0 Å². The first-order valence-electron chi connectivity index (χ1n) is 8.61. The number of rotatable bonds is 0. The van der Waals surface area contributed by atoms with E-state index < -0.39 is 0 Å². The lowest BCUT2D eigenvalue weighted by atomic mass is 9.83. The van der Waals surface area contributed by atoms with Crippen molar-refractivity contribution in [2.24, 2.45) is 7.05 Å². The summed E-state index contributed by atoms with van der Waals surface area (Å²) in [5.74, 6) is 0.0311. The third-order valence-electron chi connectivity index (χ3n) is 5.60. The van der Waals surface area contributed by atoms with Crippen LogP contribution in [0.25, 0.3) is 32.9 Å². The number of hydrogen-bond donors (Lipinski definition) is 2. The van der Waals surface area contributed by atoms with Gasteiger partial charge in [-0.3, -0.25) is 9.48 Å². The maximum atomic E-state index is 12.7. The molecule has 2 N–H and O–H groups in total. The molecule has 6 rings (SSSR count). The first kappa shape index (κ1) is 13.2. The van der Waals surface area contributed by atoms with Crippen LogP contribution in [-0.4, -0.2) is 20.7 Å². The molecule has 0 fully saturated rings. The van der Waals surface area contributed by atoms with Crippen molar-refractivity contribution in [3.8, 4) is 11.1 Å². The maximum absolute atomic E-state index is 12.7. The highest BCUT2D eigenvalue weighted by Gasteiger charge is 2.33. The first-order chi connectivity index (χ1) is 12.2. The van der Waals surface area contributed by atoms with Gasteiger partial charge in [0, 0.05) is 41.6 Å². The SMILES string of the molecule is Cn1cc2c(n1)CCc1c-2c2c(c3c1[nH]c1ccccc13)C(=O)NC2. The number of nitrogens with zero attached hydrogens (tertiary/aromatic N) is 2. The molecule has 1 aliphatic heterocycles. The number of carbonyl (C=O) groups excluding carboxylic acids is 1. The minimum atomic E-state index is 0.0311. The van der Waals surface area contributed by atoms with Gasteiger partial charge in [-0.25, -0.2) is 0 Å². The monoisotopic (exact) mass is 328 g/mol. The Balaban J connectivity index is 1.87. The summed E-state index contributed by atoms with van der Waals surface area (Å²) < 4.78 is 1.88. The van der Waals surface area contributed by atoms with Crippen LogP contribution < -0.4 is 5.32 Å². The van der Waals surface area contributed by atoms with Gasteiger partial charge in [0.05, 0.1) is 16.8 Å². The molecule has 0 radical (unpaired) electrons. The number of nitrogens with one attached hydrogen (secondary N) is 2. The van der Waals surface area contributed by atoms with Crippen molar-refractivity contribution < 1.29 is 4.79 Å². The zero-order valence-electron chi connectivity index (χ0n) is 13.8. The van der Waals surface area contributed by atoms with Gasteiger partial charge in [0.15, 0.2) is 0 Å². The van der Waals surface area contributed by atoms with Gasteiger partial charge in [0.2, 0.25) is 0 Å². The number of aromatic nitrogens is 3. The average molecular weight is 328 g/mol. The minimum absolute atomic E-state index is 0.0311. The van der Waals surface area contributed by atoms with Crippen LogP contribution in [0.15, 0.2) is 30.5 Å². The number of H-pyrrole nitrogens is 1. The molecule has 0 atom stereocenters. The number of fused-ring (bicyclic) bond motifs is 10. The maximum Gasteiger partial charge on any atom is 0.252 e. The summed E-state index contributed by atoms with van der Waals surface area (Å²) in [6.07, 6.45) is 3.98. The largest absolute Gasteiger partial charge is 0.354 e. The van der Waals surface area contributed by atoms with Gasteiger partial charge >= 0.3 is 0 Å². The van der Waals surface area contributed by atoms with E-state index in [4.69, 9.17) is 0 Å². The Morgan fingerprint density at radius 1 is 1.12 bits per heavy atom. The number of aromatic amines is 1. The second kappa shape index (κ2) is 4.30. The standard InChI is InChI=1S/C20H16N4O/c1-24-9-13-15(23-24)7-6-11-16(13)12-8-21-20(25)18(12)17-10-4-2-3-5-14(10)22-19(11)17/h2-5,9,22H,6-8H2,1H3,(H,21,25). The lowest BCUT2D eigenvalue weighted by Gasteiger charge is -2.20. The fraction of sp³-hybridized carbons (Fsp3) is 0.200. The van der Waals surface area contributed by atoms with Gasteiger partial charge in [-0.1, -0.05) is 18.2 Å². The van der Waals surface area contributed by atoms with Crippen molar-refractivity contribution in [1.82, 2.24) is 20.1 Å². The Morgan fingerprint density at radius 2 is 2.00 bits per heavy atom. The molecule has 0 unspecified atom stereocenters. The molecule has 25 heavy (non-hydrogen) atoms. The van der Waals surface area contributed by atoms with E-state index in [1.165, 1.54) is 16.7 Å². The molecule has 1 aliphatic carbocycles. The second-order valence-electron chi connectivity index (χ2n) is 6.97. The highest BCUT2D eigenvalue weighted by atomic mass is 16.1. The zero-order valence-corrected chi connectivity index (χ0v) is 13.8. The molecule has 5 nitrogen and oxygen atoms in total. The molecule has 2 aromatic carbocycles. The zero-order chi connectivity index (χ0) is 16.7. The molecule has 3 heterocycles. The summed E-state index contributed by atoms with van der Waals surface area (Å²) >= 11 is 0. The number of carbonyl (C=O) groups is 1. The number of benzene rings is 2. The average Bonchev–Trinajstić information content (AvgIpc) is 3.28. The normalized spacial score (nSPS) is 15.3. The smallest absolute Gasteiger partial charge is 0.252 e. The van der Waals surface area contributed by atoms with E-state index in [-0.39, 0.29) is 5.91 Å². The molecule has 0 spiro atoms. The summed E-state index contributed by atoms with van der Waals surface area (Å²) in [6.45, 7) is 0.598. The third-order valence-corrected chi connectivity index (χ3v) is 5.60. The van der Waals surface area contributed by atoms with Crippen molar-refractivity contribution in [1.29, 1.82) is 0 Å². The molecule has 4 aromatic rings. The summed E-state index contributed by atoms with van der Waals surface area (Å²) in [5, 5.41) is 9.86. The van der Waals surface area contributed by atoms with Crippen molar-refractivity contribution in [3.63, 3.8) is 0 Å². The Labute approximate surface area is 143 Å². The van der Waals surface area contributed by atoms with E-state index in [2.05, 4.69) is 33.7 Å². The fourth-order valence-corrected chi connectivity index (χ4v) is 4.64. The topological polar surface area (TPSA) is 62.7 Å². The van der Waals surface area contributed by atoms with Crippen LogP contribution in [0.4, 0.5) is 0 Å². The number of para-hydroxylation sites is 1. The predicted molar refractivity (Wildman–Crippen MR) is 96.6 cm³/mol. The molecular weight excluding hydrogens is 312 g/mol. The Morgan fingerprint density at radius 3 is 2.92 bits per heavy atom. The van der Waals surface area contributed by atoms with Crippen LogP contribution >= 0.6 is 0 Å². The molecule has 1 amide bonds. The number of amides is 1. The van der Waals surface area contributed by atoms with Crippen LogP contribution in [0, 0.1) is 0 Å². The van der Waals surface area contributed by atoms with Crippen LogP contribution in [0.2, 0.25) is 0 Å². The van der Waals surface area contributed by atoms with Gasteiger partial charge in [-0.05, 0) is 35.6 Å². The Hall–Kier alpha value is -3.08. The van der Waals surface area contributed by atoms with Crippen molar-refractivity contribution in [2.45, 2.75) is 19.4 Å². The van der Waals surface area contributed by atoms with Crippen molar-refractivity contribution in [2.75, 3.05) is 0 Å². The molecule has 122 valence electrons. The van der Waals surface area contributed by atoms with Gasteiger partial charge < -0.3 is 10.3 Å². The molecule has 2 aromatic heterocycles. The van der Waals surface area contributed by atoms with E-state index in [0.29, 0.717) is 6.54 Å². The molecule has 0 bridgehead atoms. The summed E-state index contributed by atoms with van der Waals surface area (Å²) in [6, 6.07) is 8.25. The molecule has 0 saturated heterocycles.